The van der Waals surface area contributed by atoms with E-state index in [4.69, 9.17) is 0 Å². The van der Waals surface area contributed by atoms with Crippen molar-refractivity contribution >= 4 is 16.6 Å². The highest BCUT2D eigenvalue weighted by Crippen LogP contribution is 2.16. The molecule has 1 saturated heterocycles. The molecule has 0 amide bonds. The van der Waals surface area contributed by atoms with Crippen LogP contribution >= 0.6 is 0 Å². The van der Waals surface area contributed by atoms with E-state index >= 15 is 0 Å². The van der Waals surface area contributed by atoms with Gasteiger partial charge in [0.1, 0.15) is 13.1 Å². The summed E-state index contributed by atoms with van der Waals surface area (Å²) in [6, 6.07) is 14.1. The SMILES string of the molecule is C[N+](C)(CC#CCN1CCCCC1)CC(=O)c1ccc2ccccc2c1. The average molecular weight is 349 g/mol. The summed E-state index contributed by atoms with van der Waals surface area (Å²) in [5.74, 6) is 6.76. The molecule has 0 spiro atoms. The molecule has 1 heterocycles. The Labute approximate surface area is 157 Å². The minimum Gasteiger partial charge on any atom is -0.312 e. The summed E-state index contributed by atoms with van der Waals surface area (Å²) in [5.41, 5.74) is 0.788. The summed E-state index contributed by atoms with van der Waals surface area (Å²) in [6.07, 6.45) is 3.94. The molecule has 3 rings (SSSR count). The third kappa shape index (κ3) is 5.17. The predicted octanol–water partition coefficient (Wildman–Crippen LogP) is 3.59. The third-order valence-electron chi connectivity index (χ3n) is 5.03. The number of carbonyl (C=O) groups is 1. The number of piperidine rings is 1. The predicted molar refractivity (Wildman–Crippen MR) is 108 cm³/mol. The van der Waals surface area contributed by atoms with Crippen molar-refractivity contribution in [1.82, 2.24) is 4.90 Å². The van der Waals surface area contributed by atoms with Gasteiger partial charge in [0.2, 0.25) is 5.78 Å². The van der Waals surface area contributed by atoms with Crippen molar-refractivity contribution < 1.29 is 9.28 Å². The summed E-state index contributed by atoms with van der Waals surface area (Å²) in [4.78, 5) is 15.1. The molecule has 1 aliphatic rings. The fraction of sp³-hybridized carbons (Fsp3) is 0.435. The topological polar surface area (TPSA) is 20.3 Å². The molecule has 0 unspecified atom stereocenters. The average Bonchev–Trinajstić information content (AvgIpc) is 2.65. The van der Waals surface area contributed by atoms with Crippen LogP contribution in [0.2, 0.25) is 0 Å². The molecular weight excluding hydrogens is 320 g/mol. The van der Waals surface area contributed by atoms with Gasteiger partial charge in [-0.05, 0) is 48.7 Å². The second-order valence-corrected chi connectivity index (χ2v) is 7.93. The lowest BCUT2D eigenvalue weighted by Crippen LogP contribution is -2.44. The fourth-order valence-corrected chi connectivity index (χ4v) is 3.45. The second-order valence-electron chi connectivity index (χ2n) is 7.93. The van der Waals surface area contributed by atoms with E-state index in [0.717, 1.165) is 17.5 Å². The molecule has 1 aliphatic heterocycles. The van der Waals surface area contributed by atoms with Gasteiger partial charge in [-0.25, -0.2) is 0 Å². The number of ketones is 1. The molecule has 3 nitrogen and oxygen atoms in total. The second kappa shape index (κ2) is 8.49. The van der Waals surface area contributed by atoms with Crippen molar-refractivity contribution in [3.8, 4) is 11.8 Å². The number of fused-ring (bicyclic) bond motifs is 1. The Bertz CT molecular complexity index is 823. The molecule has 26 heavy (non-hydrogen) atoms. The summed E-state index contributed by atoms with van der Waals surface area (Å²) in [6.45, 7) is 4.38. The minimum atomic E-state index is 0.179. The highest BCUT2D eigenvalue weighted by molar-refractivity contribution is 6.00. The van der Waals surface area contributed by atoms with E-state index in [1.807, 2.05) is 30.3 Å². The van der Waals surface area contributed by atoms with Crippen molar-refractivity contribution in [3.05, 3.63) is 48.0 Å². The van der Waals surface area contributed by atoms with Gasteiger partial charge in [0.15, 0.2) is 0 Å². The van der Waals surface area contributed by atoms with Crippen LogP contribution in [0.3, 0.4) is 0 Å². The number of quaternary nitrogens is 1. The lowest BCUT2D eigenvalue weighted by atomic mass is 10.0. The van der Waals surface area contributed by atoms with Gasteiger partial charge in [0, 0.05) is 5.56 Å². The first-order chi connectivity index (χ1) is 12.5. The van der Waals surface area contributed by atoms with E-state index < -0.39 is 0 Å². The third-order valence-corrected chi connectivity index (χ3v) is 5.03. The zero-order chi connectivity index (χ0) is 18.4. The first-order valence-electron chi connectivity index (χ1n) is 9.56. The first-order valence-corrected chi connectivity index (χ1v) is 9.56. The van der Waals surface area contributed by atoms with Crippen molar-refractivity contribution in [2.75, 3.05) is 46.8 Å². The van der Waals surface area contributed by atoms with Gasteiger partial charge in [-0.3, -0.25) is 9.69 Å². The molecule has 0 N–H and O–H groups in total. The zero-order valence-corrected chi connectivity index (χ0v) is 16.0. The Morgan fingerprint density at radius 1 is 1.00 bits per heavy atom. The van der Waals surface area contributed by atoms with Crippen LogP contribution in [0.15, 0.2) is 42.5 Å². The van der Waals surface area contributed by atoms with Crippen LogP contribution in [0, 0.1) is 11.8 Å². The van der Waals surface area contributed by atoms with E-state index in [1.54, 1.807) is 0 Å². The number of hydrogen-bond donors (Lipinski definition) is 0. The van der Waals surface area contributed by atoms with E-state index in [2.05, 4.69) is 43.0 Å². The van der Waals surface area contributed by atoms with Gasteiger partial charge >= 0.3 is 0 Å². The van der Waals surface area contributed by atoms with Gasteiger partial charge < -0.3 is 4.48 Å². The Hall–Kier alpha value is -2.15. The number of likely N-dealkylation sites (N-methyl/N-ethyl adjacent to an activating group) is 1. The molecule has 0 radical (unpaired) electrons. The Morgan fingerprint density at radius 2 is 1.73 bits per heavy atom. The standard InChI is InChI=1S/C23H29N2O/c1-25(2,17-9-8-16-24-14-6-3-7-15-24)19-23(26)22-13-12-20-10-4-5-11-21(20)18-22/h4-5,10-13,18H,3,6-7,14-17,19H2,1-2H3/q+1. The van der Waals surface area contributed by atoms with Crippen LogP contribution in [-0.2, 0) is 0 Å². The highest BCUT2D eigenvalue weighted by Gasteiger charge is 2.20. The molecule has 0 aliphatic carbocycles. The normalized spacial score (nSPS) is 15.5. The molecule has 0 saturated carbocycles. The molecule has 2 aromatic rings. The Morgan fingerprint density at radius 3 is 2.50 bits per heavy atom. The van der Waals surface area contributed by atoms with Crippen molar-refractivity contribution in [2.45, 2.75) is 19.3 Å². The van der Waals surface area contributed by atoms with E-state index in [-0.39, 0.29) is 5.78 Å². The smallest absolute Gasteiger partial charge is 0.216 e. The lowest BCUT2D eigenvalue weighted by Gasteiger charge is -2.27. The maximum atomic E-state index is 12.7. The molecule has 0 atom stereocenters. The van der Waals surface area contributed by atoms with Crippen molar-refractivity contribution in [1.29, 1.82) is 0 Å². The van der Waals surface area contributed by atoms with Crippen LogP contribution in [0.1, 0.15) is 29.6 Å². The highest BCUT2D eigenvalue weighted by atomic mass is 16.1. The van der Waals surface area contributed by atoms with Gasteiger partial charge in [-0.15, -0.1) is 0 Å². The quantitative estimate of drug-likeness (QED) is 0.467. The van der Waals surface area contributed by atoms with Crippen LogP contribution in [0.4, 0.5) is 0 Å². The number of hydrogen-bond acceptors (Lipinski definition) is 2. The zero-order valence-electron chi connectivity index (χ0n) is 16.0. The van der Waals surface area contributed by atoms with Crippen LogP contribution < -0.4 is 0 Å². The Balaban J connectivity index is 1.56. The van der Waals surface area contributed by atoms with Gasteiger partial charge in [0.05, 0.1) is 20.6 Å². The number of Topliss-reactive ketones (excluding diaryl/α,β-unsaturated/α-hetero) is 1. The van der Waals surface area contributed by atoms with Crippen molar-refractivity contribution in [3.63, 3.8) is 0 Å². The number of benzene rings is 2. The minimum absolute atomic E-state index is 0.179. The van der Waals surface area contributed by atoms with E-state index in [1.165, 1.54) is 37.7 Å². The fourth-order valence-electron chi connectivity index (χ4n) is 3.45. The molecule has 0 bridgehead atoms. The van der Waals surface area contributed by atoms with Gasteiger partial charge in [0.25, 0.3) is 0 Å². The van der Waals surface area contributed by atoms with Gasteiger partial charge in [-0.1, -0.05) is 48.7 Å². The maximum Gasteiger partial charge on any atom is 0.216 e. The molecule has 136 valence electrons. The number of likely N-dealkylation sites (tertiary alicyclic amines) is 1. The van der Waals surface area contributed by atoms with Crippen LogP contribution in [0.25, 0.3) is 10.8 Å². The number of nitrogens with zero attached hydrogens (tertiary/aromatic N) is 2. The number of rotatable bonds is 5. The van der Waals surface area contributed by atoms with E-state index in [9.17, 15) is 4.79 Å². The van der Waals surface area contributed by atoms with E-state index in [0.29, 0.717) is 17.6 Å². The monoisotopic (exact) mass is 349 g/mol. The Kier molecular flexibility index (Phi) is 6.08. The summed E-state index contributed by atoms with van der Waals surface area (Å²) >= 11 is 0. The molecule has 1 fully saturated rings. The van der Waals surface area contributed by atoms with Gasteiger partial charge in [-0.2, -0.15) is 0 Å². The first kappa shape index (κ1) is 18.6. The molecule has 2 aromatic carbocycles. The molecule has 0 aromatic heterocycles. The summed E-state index contributed by atoms with van der Waals surface area (Å²) < 4.78 is 0.596. The van der Waals surface area contributed by atoms with Crippen LogP contribution in [-0.4, -0.2) is 62.0 Å². The van der Waals surface area contributed by atoms with Crippen molar-refractivity contribution in [2.24, 2.45) is 0 Å². The largest absolute Gasteiger partial charge is 0.312 e. The summed E-state index contributed by atoms with van der Waals surface area (Å²) in [5, 5.41) is 2.28. The molecule has 3 heteroatoms. The number of carbonyl (C=O) groups excluding carboxylic acids is 1. The van der Waals surface area contributed by atoms with Crippen LogP contribution in [0.5, 0.6) is 0 Å². The molecular formula is C23H29N2O+. The lowest BCUT2D eigenvalue weighted by molar-refractivity contribution is -0.874. The summed E-state index contributed by atoms with van der Waals surface area (Å²) in [7, 11) is 4.16. The maximum absolute atomic E-state index is 12.7.